The molecule has 2 heterocycles. The summed E-state index contributed by atoms with van der Waals surface area (Å²) in [5, 5.41) is 2.07. The molecule has 1 aromatic rings. The van der Waals surface area contributed by atoms with Crippen LogP contribution in [0.4, 0.5) is 0 Å². The lowest BCUT2D eigenvalue weighted by molar-refractivity contribution is 0.0331. The fraction of sp³-hybridized carbons (Fsp3) is 0.556. The van der Waals surface area contributed by atoms with E-state index in [2.05, 4.69) is 27.4 Å². The van der Waals surface area contributed by atoms with E-state index < -0.39 is 0 Å². The van der Waals surface area contributed by atoms with Crippen LogP contribution < -0.4 is 0 Å². The predicted octanol–water partition coefficient (Wildman–Crippen LogP) is 2.82. The van der Waals surface area contributed by atoms with Gasteiger partial charge in [0.2, 0.25) is 0 Å². The summed E-state index contributed by atoms with van der Waals surface area (Å²) in [4.78, 5) is 1.26. The molecule has 1 saturated heterocycles. The van der Waals surface area contributed by atoms with Crippen molar-refractivity contribution in [3.63, 3.8) is 0 Å². The van der Waals surface area contributed by atoms with Crippen molar-refractivity contribution in [1.29, 1.82) is 0 Å². The maximum absolute atomic E-state index is 5.67. The van der Waals surface area contributed by atoms with Gasteiger partial charge in [0.1, 0.15) is 0 Å². The van der Waals surface area contributed by atoms with Crippen LogP contribution in [-0.4, -0.2) is 19.3 Å². The number of rotatable bonds is 3. The second-order valence-corrected chi connectivity index (χ2v) is 4.94. The number of hydrogen-bond donors (Lipinski definition) is 0. The van der Waals surface area contributed by atoms with Crippen LogP contribution in [0.1, 0.15) is 11.3 Å². The van der Waals surface area contributed by atoms with E-state index in [1.807, 2.05) is 0 Å². The third-order valence-electron chi connectivity index (χ3n) is 1.97. The standard InChI is InChI=1S/C9H11BrO2S/c10-7-3-9(13-6-7)5-12-8-1-2-11-4-8/h3,6,8H,1-2,4-5H2. The molecule has 0 radical (unpaired) electrons. The molecule has 0 spiro atoms. The van der Waals surface area contributed by atoms with Crippen molar-refractivity contribution in [1.82, 2.24) is 0 Å². The Hall–Kier alpha value is 0.1000. The Morgan fingerprint density at radius 1 is 1.69 bits per heavy atom. The predicted molar refractivity (Wildman–Crippen MR) is 56.0 cm³/mol. The highest BCUT2D eigenvalue weighted by molar-refractivity contribution is 9.10. The summed E-state index contributed by atoms with van der Waals surface area (Å²) in [7, 11) is 0. The Morgan fingerprint density at radius 3 is 3.23 bits per heavy atom. The average Bonchev–Trinajstić information content (AvgIpc) is 2.71. The Labute approximate surface area is 90.0 Å². The van der Waals surface area contributed by atoms with Crippen molar-refractivity contribution in [3.8, 4) is 0 Å². The van der Waals surface area contributed by atoms with Crippen molar-refractivity contribution in [2.24, 2.45) is 0 Å². The molecule has 13 heavy (non-hydrogen) atoms. The van der Waals surface area contributed by atoms with Crippen molar-refractivity contribution >= 4 is 27.3 Å². The maximum atomic E-state index is 5.67. The molecule has 0 aliphatic carbocycles. The van der Waals surface area contributed by atoms with E-state index in [-0.39, 0.29) is 0 Å². The summed E-state index contributed by atoms with van der Waals surface area (Å²) in [5.41, 5.74) is 0. The van der Waals surface area contributed by atoms with Gasteiger partial charge in [-0.05, 0) is 28.4 Å². The van der Waals surface area contributed by atoms with Crippen LogP contribution in [0, 0.1) is 0 Å². The largest absolute Gasteiger partial charge is 0.379 e. The van der Waals surface area contributed by atoms with Crippen LogP contribution in [0.2, 0.25) is 0 Å². The van der Waals surface area contributed by atoms with Crippen LogP contribution in [0.3, 0.4) is 0 Å². The van der Waals surface area contributed by atoms with Gasteiger partial charge < -0.3 is 9.47 Å². The van der Waals surface area contributed by atoms with Crippen molar-refractivity contribution in [2.75, 3.05) is 13.2 Å². The van der Waals surface area contributed by atoms with Gasteiger partial charge in [0.05, 0.1) is 19.3 Å². The molecule has 0 saturated carbocycles. The second kappa shape index (κ2) is 4.55. The molecule has 72 valence electrons. The van der Waals surface area contributed by atoms with Gasteiger partial charge in [0.15, 0.2) is 0 Å². The zero-order chi connectivity index (χ0) is 9.10. The number of ether oxygens (including phenoxy) is 2. The lowest BCUT2D eigenvalue weighted by atomic mass is 10.3. The van der Waals surface area contributed by atoms with Crippen LogP contribution in [-0.2, 0) is 16.1 Å². The van der Waals surface area contributed by atoms with Crippen LogP contribution in [0.5, 0.6) is 0 Å². The Bertz CT molecular complexity index is 268. The molecule has 2 nitrogen and oxygen atoms in total. The van der Waals surface area contributed by atoms with E-state index in [1.165, 1.54) is 4.88 Å². The lowest BCUT2D eigenvalue weighted by Crippen LogP contribution is -2.11. The van der Waals surface area contributed by atoms with Gasteiger partial charge in [-0.15, -0.1) is 11.3 Å². The van der Waals surface area contributed by atoms with Gasteiger partial charge >= 0.3 is 0 Å². The van der Waals surface area contributed by atoms with Gasteiger partial charge in [-0.25, -0.2) is 0 Å². The van der Waals surface area contributed by atoms with Gasteiger partial charge in [-0.1, -0.05) is 0 Å². The first-order valence-electron chi connectivity index (χ1n) is 4.27. The number of hydrogen-bond acceptors (Lipinski definition) is 3. The smallest absolute Gasteiger partial charge is 0.0835 e. The minimum absolute atomic E-state index is 0.306. The quantitative estimate of drug-likeness (QED) is 0.834. The topological polar surface area (TPSA) is 18.5 Å². The van der Waals surface area contributed by atoms with E-state index in [1.54, 1.807) is 11.3 Å². The molecule has 1 fully saturated rings. The molecule has 1 aliphatic heterocycles. The molecular weight excluding hydrogens is 252 g/mol. The summed E-state index contributed by atoms with van der Waals surface area (Å²) in [6.07, 6.45) is 1.34. The molecular formula is C9H11BrO2S. The first kappa shape index (κ1) is 9.65. The zero-order valence-electron chi connectivity index (χ0n) is 7.16. The summed E-state index contributed by atoms with van der Waals surface area (Å²) < 4.78 is 12.0. The zero-order valence-corrected chi connectivity index (χ0v) is 9.57. The normalized spacial score (nSPS) is 22.4. The van der Waals surface area contributed by atoms with Crippen LogP contribution >= 0.6 is 27.3 Å². The van der Waals surface area contributed by atoms with E-state index in [0.717, 1.165) is 24.1 Å². The van der Waals surface area contributed by atoms with E-state index >= 15 is 0 Å². The third kappa shape index (κ3) is 2.77. The van der Waals surface area contributed by atoms with Crippen LogP contribution in [0.15, 0.2) is 15.9 Å². The van der Waals surface area contributed by atoms with Crippen molar-refractivity contribution in [3.05, 3.63) is 20.8 Å². The lowest BCUT2D eigenvalue weighted by Gasteiger charge is -2.07. The summed E-state index contributed by atoms with van der Waals surface area (Å²) in [6, 6.07) is 2.10. The van der Waals surface area contributed by atoms with E-state index in [9.17, 15) is 0 Å². The fourth-order valence-corrected chi connectivity index (χ4v) is 2.65. The average molecular weight is 263 g/mol. The highest BCUT2D eigenvalue weighted by Gasteiger charge is 2.15. The molecule has 0 bridgehead atoms. The Kier molecular flexibility index (Phi) is 3.38. The molecule has 1 unspecified atom stereocenters. The molecule has 0 amide bonds. The van der Waals surface area contributed by atoms with E-state index in [4.69, 9.17) is 9.47 Å². The summed E-state index contributed by atoms with van der Waals surface area (Å²) >= 11 is 5.14. The summed E-state index contributed by atoms with van der Waals surface area (Å²) in [6.45, 7) is 2.32. The van der Waals surface area contributed by atoms with Gasteiger partial charge in [0, 0.05) is 21.3 Å². The molecule has 2 rings (SSSR count). The maximum Gasteiger partial charge on any atom is 0.0835 e. The number of halogens is 1. The Balaban J connectivity index is 1.78. The molecule has 4 heteroatoms. The SMILES string of the molecule is Brc1csc(COC2CCOC2)c1. The first-order valence-corrected chi connectivity index (χ1v) is 5.94. The Morgan fingerprint density at radius 2 is 2.62 bits per heavy atom. The van der Waals surface area contributed by atoms with Gasteiger partial charge in [-0.2, -0.15) is 0 Å². The highest BCUT2D eigenvalue weighted by atomic mass is 79.9. The minimum Gasteiger partial charge on any atom is -0.379 e. The second-order valence-electron chi connectivity index (χ2n) is 3.03. The molecule has 0 N–H and O–H groups in total. The molecule has 1 atom stereocenters. The van der Waals surface area contributed by atoms with Gasteiger partial charge in [0.25, 0.3) is 0 Å². The van der Waals surface area contributed by atoms with Crippen molar-refractivity contribution < 1.29 is 9.47 Å². The molecule has 0 aromatic carbocycles. The molecule has 1 aliphatic rings. The fourth-order valence-electron chi connectivity index (χ4n) is 1.27. The summed E-state index contributed by atoms with van der Waals surface area (Å²) in [5.74, 6) is 0. The first-order chi connectivity index (χ1) is 6.34. The number of thiophene rings is 1. The highest BCUT2D eigenvalue weighted by Crippen LogP contribution is 2.21. The van der Waals surface area contributed by atoms with Gasteiger partial charge in [-0.3, -0.25) is 0 Å². The minimum atomic E-state index is 0.306. The molecule has 1 aromatic heterocycles. The van der Waals surface area contributed by atoms with E-state index in [0.29, 0.717) is 12.7 Å². The monoisotopic (exact) mass is 262 g/mol. The van der Waals surface area contributed by atoms with Crippen molar-refractivity contribution in [2.45, 2.75) is 19.1 Å². The third-order valence-corrected chi connectivity index (χ3v) is 3.64. The van der Waals surface area contributed by atoms with Crippen LogP contribution in [0.25, 0.3) is 0 Å².